The van der Waals surface area contributed by atoms with Gasteiger partial charge in [-0.3, -0.25) is 9.11 Å². The minimum absolute atomic E-state index is 0.0408. The summed E-state index contributed by atoms with van der Waals surface area (Å²) in [6, 6.07) is 19.1. The molecule has 4 aromatic rings. The number of benzene rings is 4. The summed E-state index contributed by atoms with van der Waals surface area (Å²) in [5.41, 5.74) is 1.11. The van der Waals surface area contributed by atoms with Crippen LogP contribution in [0.25, 0.3) is 12.2 Å². The standard InChI is InChI=1S/C26H20N4O8S2/c31-23-9-3-19(4-10-23)27-29-21-7-13-25(39(33,34)35)17(15-21)1-2-18-16-22(8-14-26(18)40(36,37)38)30-28-20-5-11-24(32)12-6-20/h1-16,31-32H,(H,33,34,35)(H,36,37,38). The number of phenolic OH excluding ortho intramolecular Hbond substituents is 2. The van der Waals surface area contributed by atoms with Crippen LogP contribution in [0, 0.1) is 0 Å². The Bertz CT molecular complexity index is 1720. The molecule has 0 bridgehead atoms. The molecule has 14 heteroatoms. The van der Waals surface area contributed by atoms with Crippen molar-refractivity contribution in [2.45, 2.75) is 9.79 Å². The maximum Gasteiger partial charge on any atom is 0.295 e. The molecule has 0 saturated carbocycles. The molecule has 4 rings (SSSR count). The Hall–Kier alpha value is -4.76. The highest BCUT2D eigenvalue weighted by Gasteiger charge is 2.17. The van der Waals surface area contributed by atoms with Crippen molar-refractivity contribution in [2.24, 2.45) is 20.5 Å². The Labute approximate surface area is 228 Å². The fraction of sp³-hybridized carbons (Fsp3) is 0. The maximum absolute atomic E-state index is 12.0. The lowest BCUT2D eigenvalue weighted by Crippen LogP contribution is -2.01. The van der Waals surface area contributed by atoms with Crippen LogP contribution in [0.5, 0.6) is 11.5 Å². The molecular weight excluding hydrogens is 560 g/mol. The van der Waals surface area contributed by atoms with E-state index in [2.05, 4.69) is 20.5 Å². The van der Waals surface area contributed by atoms with Crippen molar-refractivity contribution in [3.05, 3.63) is 96.1 Å². The van der Waals surface area contributed by atoms with Crippen molar-refractivity contribution in [1.29, 1.82) is 0 Å². The molecular formula is C26H20N4O8S2. The second-order valence-corrected chi connectivity index (χ2v) is 10.9. The second-order valence-electron chi connectivity index (χ2n) is 8.16. The molecule has 0 aliphatic rings. The molecule has 0 aliphatic heterocycles. The van der Waals surface area contributed by atoms with Gasteiger partial charge in [0.25, 0.3) is 20.2 Å². The quantitative estimate of drug-likeness (QED) is 0.101. The van der Waals surface area contributed by atoms with E-state index in [0.29, 0.717) is 11.4 Å². The molecule has 0 heterocycles. The van der Waals surface area contributed by atoms with Gasteiger partial charge in [-0.05, 0) is 96.1 Å². The van der Waals surface area contributed by atoms with Crippen molar-refractivity contribution in [2.75, 3.05) is 0 Å². The van der Waals surface area contributed by atoms with E-state index in [1.165, 1.54) is 84.9 Å². The van der Waals surface area contributed by atoms with Gasteiger partial charge in [-0.1, -0.05) is 12.2 Å². The third-order valence-electron chi connectivity index (χ3n) is 5.25. The minimum atomic E-state index is -4.69. The van der Waals surface area contributed by atoms with Crippen molar-refractivity contribution < 1.29 is 36.2 Å². The summed E-state index contributed by atoms with van der Waals surface area (Å²) in [6.45, 7) is 0. The van der Waals surface area contributed by atoms with Crippen LogP contribution in [-0.4, -0.2) is 36.2 Å². The van der Waals surface area contributed by atoms with Gasteiger partial charge in [0.15, 0.2) is 0 Å². The van der Waals surface area contributed by atoms with E-state index in [4.69, 9.17) is 0 Å². The summed E-state index contributed by atoms with van der Waals surface area (Å²) in [7, 11) is -9.37. The van der Waals surface area contributed by atoms with E-state index >= 15 is 0 Å². The monoisotopic (exact) mass is 580 g/mol. The second kappa shape index (κ2) is 11.5. The van der Waals surface area contributed by atoms with E-state index in [1.54, 1.807) is 0 Å². The SMILES string of the molecule is O=S(=O)(O)c1ccc(N=Nc2ccc(O)cc2)cc1C=Cc1cc(N=Nc2ccc(O)cc2)ccc1S(=O)(=O)O. The Balaban J connectivity index is 1.73. The number of phenols is 2. The summed E-state index contributed by atoms with van der Waals surface area (Å²) < 4.78 is 67.3. The molecule has 0 unspecified atom stereocenters. The molecule has 40 heavy (non-hydrogen) atoms. The highest BCUT2D eigenvalue weighted by molar-refractivity contribution is 7.86. The Morgan fingerprint density at radius 3 is 1.10 bits per heavy atom. The lowest BCUT2D eigenvalue weighted by atomic mass is 10.1. The van der Waals surface area contributed by atoms with E-state index in [1.807, 2.05) is 0 Å². The Kier molecular flexibility index (Phi) is 8.16. The van der Waals surface area contributed by atoms with Crippen LogP contribution in [0.4, 0.5) is 22.7 Å². The first-order valence-electron chi connectivity index (χ1n) is 11.2. The van der Waals surface area contributed by atoms with Gasteiger partial charge in [0, 0.05) is 0 Å². The van der Waals surface area contributed by atoms with Crippen LogP contribution >= 0.6 is 0 Å². The van der Waals surface area contributed by atoms with Crippen molar-refractivity contribution in [3.8, 4) is 11.5 Å². The number of azo groups is 2. The van der Waals surface area contributed by atoms with Crippen LogP contribution in [0.15, 0.2) is 115 Å². The normalized spacial score (nSPS) is 12.6. The molecule has 0 spiro atoms. The first kappa shape index (κ1) is 28.3. The lowest BCUT2D eigenvalue weighted by Gasteiger charge is -2.06. The van der Waals surface area contributed by atoms with Crippen LogP contribution in [0.2, 0.25) is 0 Å². The fourth-order valence-electron chi connectivity index (χ4n) is 3.38. The molecule has 0 fully saturated rings. The molecule has 4 aromatic carbocycles. The largest absolute Gasteiger partial charge is 0.508 e. The number of hydrogen-bond donors (Lipinski definition) is 4. The van der Waals surface area contributed by atoms with Crippen molar-refractivity contribution in [1.82, 2.24) is 0 Å². The van der Waals surface area contributed by atoms with Crippen LogP contribution < -0.4 is 0 Å². The zero-order valence-corrected chi connectivity index (χ0v) is 21.9. The molecule has 0 atom stereocenters. The van der Waals surface area contributed by atoms with E-state index < -0.39 is 30.0 Å². The molecule has 0 aromatic heterocycles. The maximum atomic E-state index is 12.0. The first-order chi connectivity index (χ1) is 18.9. The predicted octanol–water partition coefficient (Wildman–Crippen LogP) is 6.59. The molecule has 0 radical (unpaired) electrons. The summed E-state index contributed by atoms with van der Waals surface area (Å²) in [4.78, 5) is -0.965. The highest BCUT2D eigenvalue weighted by atomic mass is 32.2. The number of aromatic hydroxyl groups is 2. The van der Waals surface area contributed by atoms with Crippen LogP contribution in [-0.2, 0) is 20.2 Å². The fourth-order valence-corrected chi connectivity index (χ4v) is 4.71. The zero-order valence-electron chi connectivity index (χ0n) is 20.3. The van der Waals surface area contributed by atoms with E-state index in [9.17, 15) is 36.2 Å². The summed E-state index contributed by atoms with van der Waals surface area (Å²) in [5.74, 6) is 0.0815. The summed E-state index contributed by atoms with van der Waals surface area (Å²) in [6.07, 6.45) is 2.43. The summed E-state index contributed by atoms with van der Waals surface area (Å²) in [5, 5.41) is 34.8. The molecule has 0 amide bonds. The van der Waals surface area contributed by atoms with Gasteiger partial charge in [-0.25, -0.2) is 0 Å². The van der Waals surface area contributed by atoms with Crippen molar-refractivity contribution in [3.63, 3.8) is 0 Å². The molecule has 0 saturated heterocycles. The van der Waals surface area contributed by atoms with Gasteiger partial charge in [0.2, 0.25) is 0 Å². The third kappa shape index (κ3) is 7.42. The van der Waals surface area contributed by atoms with Gasteiger partial charge >= 0.3 is 0 Å². The smallest absolute Gasteiger partial charge is 0.295 e. The molecule has 0 aliphatic carbocycles. The minimum Gasteiger partial charge on any atom is -0.508 e. The first-order valence-corrected chi connectivity index (χ1v) is 14.1. The van der Waals surface area contributed by atoms with E-state index in [0.717, 1.165) is 12.1 Å². The molecule has 4 N–H and O–H groups in total. The van der Waals surface area contributed by atoms with Gasteiger partial charge in [0.1, 0.15) is 21.3 Å². The van der Waals surface area contributed by atoms with Gasteiger partial charge in [0.05, 0.1) is 22.7 Å². The molecule has 12 nitrogen and oxygen atoms in total. The van der Waals surface area contributed by atoms with Gasteiger partial charge in [-0.2, -0.15) is 37.3 Å². The zero-order chi connectivity index (χ0) is 28.9. The number of hydrogen-bond acceptors (Lipinski definition) is 10. The van der Waals surface area contributed by atoms with E-state index in [-0.39, 0.29) is 34.0 Å². The average molecular weight is 581 g/mol. The van der Waals surface area contributed by atoms with Crippen molar-refractivity contribution >= 4 is 55.1 Å². The Morgan fingerprint density at radius 1 is 0.475 bits per heavy atom. The predicted molar refractivity (Wildman–Crippen MR) is 146 cm³/mol. The van der Waals surface area contributed by atoms with Crippen LogP contribution in [0.1, 0.15) is 11.1 Å². The van der Waals surface area contributed by atoms with Gasteiger partial charge in [-0.15, -0.1) is 0 Å². The van der Waals surface area contributed by atoms with Gasteiger partial charge < -0.3 is 10.2 Å². The Morgan fingerprint density at radius 2 is 0.775 bits per heavy atom. The lowest BCUT2D eigenvalue weighted by molar-refractivity contribution is 0.475. The average Bonchev–Trinajstić information content (AvgIpc) is 2.90. The highest BCUT2D eigenvalue weighted by Crippen LogP contribution is 2.29. The number of nitrogens with zero attached hydrogens (tertiary/aromatic N) is 4. The van der Waals surface area contributed by atoms with Crippen LogP contribution in [0.3, 0.4) is 0 Å². The number of rotatable bonds is 8. The topological polar surface area (TPSA) is 199 Å². The summed E-state index contributed by atoms with van der Waals surface area (Å²) >= 11 is 0. The third-order valence-corrected chi connectivity index (χ3v) is 7.10. The molecule has 204 valence electrons.